The van der Waals surface area contributed by atoms with Crippen LogP contribution in [0.3, 0.4) is 0 Å². The Morgan fingerprint density at radius 2 is 1.90 bits per heavy atom. The number of carbonyl (C=O) groups is 1. The second-order valence-electron chi connectivity index (χ2n) is 6.86. The topological polar surface area (TPSA) is 98.5 Å². The number of fused-ring (bicyclic) bond motifs is 1. The molecular weight excluding hydrogens is 405 g/mol. The zero-order chi connectivity index (χ0) is 22.0. The first-order valence-electron chi connectivity index (χ1n) is 9.74. The Morgan fingerprint density at radius 1 is 1.13 bits per heavy atom. The van der Waals surface area contributed by atoms with Gasteiger partial charge >= 0.3 is 11.1 Å². The Bertz CT molecular complexity index is 1240. The Hall–Kier alpha value is -3.95. The summed E-state index contributed by atoms with van der Waals surface area (Å²) >= 11 is 0. The second kappa shape index (κ2) is 8.42. The minimum Gasteiger partial charge on any atom is -0.494 e. The van der Waals surface area contributed by atoms with Gasteiger partial charge in [0.2, 0.25) is 11.9 Å². The van der Waals surface area contributed by atoms with Crippen molar-refractivity contribution in [3.05, 3.63) is 75.1 Å². The summed E-state index contributed by atoms with van der Waals surface area (Å²) in [7, 11) is 0. The standard InChI is InChI=1S/C21H20FN5O4/c1-2-31-17-8-6-16(7-9-17)25-10-11-26-19(29)20(30)27(24-21(25)26)13-18(28)23-15-5-3-4-14(22)12-15/h3-9,12H,2,10-11,13H2,1H3,(H,23,28). The van der Waals surface area contributed by atoms with Crippen molar-refractivity contribution in [2.45, 2.75) is 20.0 Å². The minimum atomic E-state index is -0.897. The monoisotopic (exact) mass is 425 g/mol. The van der Waals surface area contributed by atoms with E-state index in [0.29, 0.717) is 19.7 Å². The maximum Gasteiger partial charge on any atom is 0.333 e. The van der Waals surface area contributed by atoms with Gasteiger partial charge < -0.3 is 15.0 Å². The van der Waals surface area contributed by atoms with Crippen LogP contribution in [0.25, 0.3) is 0 Å². The fourth-order valence-corrected chi connectivity index (χ4v) is 3.37. The summed E-state index contributed by atoms with van der Waals surface area (Å²) in [4.78, 5) is 39.1. The lowest BCUT2D eigenvalue weighted by Gasteiger charge is -2.18. The second-order valence-corrected chi connectivity index (χ2v) is 6.86. The summed E-state index contributed by atoms with van der Waals surface area (Å²) in [6.07, 6.45) is 0. The van der Waals surface area contributed by atoms with Gasteiger partial charge in [0.1, 0.15) is 18.1 Å². The molecule has 1 amide bonds. The van der Waals surface area contributed by atoms with Gasteiger partial charge in [-0.2, -0.15) is 0 Å². The van der Waals surface area contributed by atoms with Crippen molar-refractivity contribution in [1.82, 2.24) is 14.3 Å². The van der Waals surface area contributed by atoms with Crippen LogP contribution >= 0.6 is 0 Å². The quantitative estimate of drug-likeness (QED) is 0.604. The van der Waals surface area contributed by atoms with E-state index in [4.69, 9.17) is 4.74 Å². The van der Waals surface area contributed by atoms with E-state index in [1.165, 1.54) is 22.8 Å². The lowest BCUT2D eigenvalue weighted by atomic mass is 10.3. The lowest BCUT2D eigenvalue weighted by molar-refractivity contribution is -0.117. The summed E-state index contributed by atoms with van der Waals surface area (Å²) in [6, 6.07) is 12.6. The summed E-state index contributed by atoms with van der Waals surface area (Å²) in [6.45, 7) is 2.72. The van der Waals surface area contributed by atoms with E-state index in [0.717, 1.165) is 22.2 Å². The first-order valence-corrected chi connectivity index (χ1v) is 9.74. The van der Waals surface area contributed by atoms with Crippen molar-refractivity contribution in [1.29, 1.82) is 0 Å². The zero-order valence-electron chi connectivity index (χ0n) is 16.7. The van der Waals surface area contributed by atoms with Gasteiger partial charge in [-0.05, 0) is 49.4 Å². The predicted molar refractivity (Wildman–Crippen MR) is 112 cm³/mol. The highest BCUT2D eigenvalue weighted by molar-refractivity contribution is 5.90. The third-order valence-electron chi connectivity index (χ3n) is 4.76. The number of halogens is 1. The number of amides is 1. The number of hydrogen-bond acceptors (Lipinski definition) is 6. The molecule has 0 fully saturated rings. The summed E-state index contributed by atoms with van der Waals surface area (Å²) in [5.74, 6) is -0.118. The van der Waals surface area contributed by atoms with Gasteiger partial charge in [-0.3, -0.25) is 19.0 Å². The number of anilines is 3. The highest BCUT2D eigenvalue weighted by atomic mass is 19.1. The molecule has 4 rings (SSSR count). The molecule has 1 aliphatic heterocycles. The minimum absolute atomic E-state index is 0.243. The number of carbonyl (C=O) groups excluding carboxylic acids is 1. The molecule has 2 heterocycles. The normalized spacial score (nSPS) is 12.5. The number of rotatable bonds is 6. The molecule has 1 aromatic heterocycles. The Kier molecular flexibility index (Phi) is 5.52. The van der Waals surface area contributed by atoms with Crippen molar-refractivity contribution in [3.8, 4) is 5.75 Å². The zero-order valence-corrected chi connectivity index (χ0v) is 16.7. The first kappa shape index (κ1) is 20.3. The number of nitrogens with zero attached hydrogens (tertiary/aromatic N) is 4. The van der Waals surface area contributed by atoms with Gasteiger partial charge in [0, 0.05) is 24.5 Å². The van der Waals surface area contributed by atoms with Crippen LogP contribution < -0.4 is 26.1 Å². The molecular formula is C21H20FN5O4. The maximum atomic E-state index is 13.3. The Morgan fingerprint density at radius 3 is 2.61 bits per heavy atom. The Labute approximate surface area is 176 Å². The van der Waals surface area contributed by atoms with Crippen molar-refractivity contribution < 1.29 is 13.9 Å². The molecule has 9 nitrogen and oxygen atoms in total. The third kappa shape index (κ3) is 4.18. The van der Waals surface area contributed by atoms with Gasteiger partial charge in [0.15, 0.2) is 0 Å². The van der Waals surface area contributed by atoms with Crippen LogP contribution in [0, 0.1) is 5.82 Å². The summed E-state index contributed by atoms with van der Waals surface area (Å²) in [5.41, 5.74) is -0.633. The van der Waals surface area contributed by atoms with Crippen molar-refractivity contribution in [3.63, 3.8) is 0 Å². The predicted octanol–water partition coefficient (Wildman–Crippen LogP) is 1.73. The highest BCUT2D eigenvalue weighted by Crippen LogP contribution is 2.28. The van der Waals surface area contributed by atoms with Crippen molar-refractivity contribution in [2.24, 2.45) is 0 Å². The molecule has 160 valence electrons. The van der Waals surface area contributed by atoms with Crippen LogP contribution in [0.4, 0.5) is 21.7 Å². The lowest BCUT2D eigenvalue weighted by Crippen LogP contribution is -2.44. The van der Waals surface area contributed by atoms with Gasteiger partial charge in [-0.25, -0.2) is 9.07 Å². The average molecular weight is 425 g/mol. The third-order valence-corrected chi connectivity index (χ3v) is 4.76. The van der Waals surface area contributed by atoms with Gasteiger partial charge in [0.25, 0.3) is 0 Å². The van der Waals surface area contributed by atoms with E-state index in [1.54, 1.807) is 4.90 Å². The molecule has 31 heavy (non-hydrogen) atoms. The van der Waals surface area contributed by atoms with E-state index in [-0.39, 0.29) is 11.6 Å². The van der Waals surface area contributed by atoms with E-state index >= 15 is 0 Å². The van der Waals surface area contributed by atoms with Crippen molar-refractivity contribution >= 4 is 23.2 Å². The molecule has 10 heteroatoms. The molecule has 0 spiro atoms. The van der Waals surface area contributed by atoms with Gasteiger partial charge in [-0.15, -0.1) is 5.10 Å². The van der Waals surface area contributed by atoms with Crippen LogP contribution in [-0.4, -0.2) is 33.4 Å². The number of aromatic nitrogens is 3. The van der Waals surface area contributed by atoms with Crippen LogP contribution in [-0.2, 0) is 17.9 Å². The SMILES string of the molecule is CCOc1ccc(N2CCn3c2nn(CC(=O)Nc2cccc(F)c2)c(=O)c3=O)cc1. The highest BCUT2D eigenvalue weighted by Gasteiger charge is 2.26. The number of hydrogen-bond donors (Lipinski definition) is 1. The van der Waals surface area contributed by atoms with Crippen molar-refractivity contribution in [2.75, 3.05) is 23.4 Å². The average Bonchev–Trinajstić information content (AvgIpc) is 3.16. The van der Waals surface area contributed by atoms with Crippen LogP contribution in [0.15, 0.2) is 58.1 Å². The summed E-state index contributed by atoms with van der Waals surface area (Å²) < 4.78 is 20.9. The van der Waals surface area contributed by atoms with E-state index < -0.39 is 29.4 Å². The van der Waals surface area contributed by atoms with Crippen LogP contribution in [0.2, 0.25) is 0 Å². The van der Waals surface area contributed by atoms with Crippen LogP contribution in [0.5, 0.6) is 5.75 Å². The molecule has 1 N–H and O–H groups in total. The molecule has 0 atom stereocenters. The molecule has 1 aliphatic rings. The maximum absolute atomic E-state index is 13.3. The molecule has 0 unspecified atom stereocenters. The molecule has 0 aliphatic carbocycles. The largest absolute Gasteiger partial charge is 0.494 e. The van der Waals surface area contributed by atoms with E-state index in [1.807, 2.05) is 31.2 Å². The molecule has 0 saturated heterocycles. The first-order chi connectivity index (χ1) is 15.0. The fraction of sp³-hybridized carbons (Fsp3) is 0.238. The smallest absolute Gasteiger partial charge is 0.333 e. The number of nitrogens with one attached hydrogen (secondary N) is 1. The fourth-order valence-electron chi connectivity index (χ4n) is 3.37. The van der Waals surface area contributed by atoms with Gasteiger partial charge in [-0.1, -0.05) is 6.07 Å². The van der Waals surface area contributed by atoms with E-state index in [9.17, 15) is 18.8 Å². The van der Waals surface area contributed by atoms with Crippen LogP contribution in [0.1, 0.15) is 6.92 Å². The summed E-state index contributed by atoms with van der Waals surface area (Å²) in [5, 5.41) is 6.75. The number of ether oxygens (including phenoxy) is 1. The molecule has 0 bridgehead atoms. The molecule has 0 radical (unpaired) electrons. The molecule has 2 aromatic carbocycles. The Balaban J connectivity index is 1.60. The van der Waals surface area contributed by atoms with Gasteiger partial charge in [0.05, 0.1) is 6.61 Å². The molecule has 0 saturated carbocycles. The van der Waals surface area contributed by atoms with E-state index in [2.05, 4.69) is 10.4 Å². The molecule has 3 aromatic rings. The number of benzene rings is 2.